The van der Waals surface area contributed by atoms with Crippen LogP contribution in [0.15, 0.2) is 17.2 Å². The average Bonchev–Trinajstić information content (AvgIpc) is 2.54. The van der Waals surface area contributed by atoms with Crippen molar-refractivity contribution < 1.29 is 0 Å². The lowest BCUT2D eigenvalue weighted by atomic mass is 9.86. The van der Waals surface area contributed by atoms with Crippen LogP contribution in [-0.2, 0) is 13.6 Å². The van der Waals surface area contributed by atoms with Crippen LogP contribution in [0.25, 0.3) is 0 Å². The maximum Gasteiger partial charge on any atom is 0.327 e. The van der Waals surface area contributed by atoms with E-state index < -0.39 is 0 Å². The van der Waals surface area contributed by atoms with Crippen molar-refractivity contribution in [3.05, 3.63) is 22.9 Å². The lowest BCUT2D eigenvalue weighted by molar-refractivity contribution is 0.240. The maximum absolute atomic E-state index is 11.8. The molecule has 0 saturated heterocycles. The Bertz CT molecular complexity index is 398. The van der Waals surface area contributed by atoms with E-state index >= 15 is 0 Å². The lowest BCUT2D eigenvalue weighted by Crippen LogP contribution is -2.45. The van der Waals surface area contributed by atoms with Gasteiger partial charge in [0.1, 0.15) is 0 Å². The van der Waals surface area contributed by atoms with Crippen molar-refractivity contribution in [1.29, 1.82) is 0 Å². The Kier molecular flexibility index (Phi) is 4.57. The summed E-state index contributed by atoms with van der Waals surface area (Å²) in [6, 6.07) is 0.308. The Morgan fingerprint density at radius 3 is 2.41 bits per heavy atom. The molecular weight excluding hydrogens is 214 g/mol. The van der Waals surface area contributed by atoms with Crippen LogP contribution in [0.3, 0.4) is 0 Å². The molecule has 1 aromatic heterocycles. The fraction of sp³-hybridized carbons (Fsp3) is 0.769. The molecule has 0 spiro atoms. The summed E-state index contributed by atoms with van der Waals surface area (Å²) in [5, 5.41) is 3.53. The van der Waals surface area contributed by atoms with Gasteiger partial charge in [0.15, 0.2) is 0 Å². The highest BCUT2D eigenvalue weighted by molar-refractivity contribution is 4.86. The molecule has 4 heteroatoms. The van der Waals surface area contributed by atoms with Crippen LogP contribution >= 0.6 is 0 Å². The molecule has 0 fully saturated rings. The molecule has 0 aliphatic heterocycles. The van der Waals surface area contributed by atoms with Gasteiger partial charge in [-0.05, 0) is 18.4 Å². The summed E-state index contributed by atoms with van der Waals surface area (Å²) in [6.45, 7) is 10.5. The summed E-state index contributed by atoms with van der Waals surface area (Å²) < 4.78 is 3.39. The highest BCUT2D eigenvalue weighted by Gasteiger charge is 2.24. The van der Waals surface area contributed by atoms with E-state index in [0.717, 1.165) is 19.5 Å². The molecule has 1 aromatic rings. The van der Waals surface area contributed by atoms with E-state index in [0.29, 0.717) is 6.04 Å². The van der Waals surface area contributed by atoms with Crippen molar-refractivity contribution in [2.45, 2.75) is 46.7 Å². The largest absolute Gasteiger partial charge is 0.327 e. The van der Waals surface area contributed by atoms with Crippen LogP contribution in [0.4, 0.5) is 0 Å². The quantitative estimate of drug-likeness (QED) is 0.847. The third-order valence-corrected chi connectivity index (χ3v) is 3.08. The summed E-state index contributed by atoms with van der Waals surface area (Å²) >= 11 is 0. The average molecular weight is 239 g/mol. The first kappa shape index (κ1) is 14.0. The first-order valence-electron chi connectivity index (χ1n) is 6.31. The first-order chi connectivity index (χ1) is 7.86. The van der Waals surface area contributed by atoms with Crippen molar-refractivity contribution >= 4 is 0 Å². The van der Waals surface area contributed by atoms with Gasteiger partial charge in [0, 0.05) is 32.0 Å². The Hall–Kier alpha value is -1.03. The number of aryl methyl sites for hydroxylation is 1. The zero-order valence-electron chi connectivity index (χ0n) is 11.7. The number of nitrogens with one attached hydrogen (secondary N) is 1. The topological polar surface area (TPSA) is 39.0 Å². The van der Waals surface area contributed by atoms with E-state index in [2.05, 4.69) is 33.0 Å². The standard InChI is InChI=1S/C13H25N3O/c1-6-7-14-11(13(2,3)4)10-16-9-8-15(5)12(16)17/h8-9,11,14H,6-7,10H2,1-5H3. The van der Waals surface area contributed by atoms with Crippen molar-refractivity contribution in [3.8, 4) is 0 Å². The third kappa shape index (κ3) is 3.73. The zero-order chi connectivity index (χ0) is 13.1. The van der Waals surface area contributed by atoms with Crippen molar-refractivity contribution in [2.24, 2.45) is 12.5 Å². The molecule has 4 nitrogen and oxygen atoms in total. The Labute approximate surface area is 104 Å². The second-order valence-corrected chi connectivity index (χ2v) is 5.72. The minimum Gasteiger partial charge on any atom is -0.312 e. The minimum atomic E-state index is 0.0533. The molecule has 17 heavy (non-hydrogen) atoms. The Balaban J connectivity index is 2.79. The SMILES string of the molecule is CCCNC(Cn1ccn(C)c1=O)C(C)(C)C. The van der Waals surface area contributed by atoms with Gasteiger partial charge in [-0.3, -0.25) is 4.57 Å². The molecule has 0 bridgehead atoms. The first-order valence-corrected chi connectivity index (χ1v) is 6.31. The molecule has 0 radical (unpaired) electrons. The van der Waals surface area contributed by atoms with Crippen molar-refractivity contribution in [2.75, 3.05) is 6.54 Å². The van der Waals surface area contributed by atoms with Gasteiger partial charge in [-0.15, -0.1) is 0 Å². The zero-order valence-corrected chi connectivity index (χ0v) is 11.7. The van der Waals surface area contributed by atoms with Crippen LogP contribution < -0.4 is 11.0 Å². The van der Waals surface area contributed by atoms with Crippen molar-refractivity contribution in [3.63, 3.8) is 0 Å². The van der Waals surface area contributed by atoms with Gasteiger partial charge >= 0.3 is 5.69 Å². The van der Waals surface area contributed by atoms with Gasteiger partial charge in [0.05, 0.1) is 0 Å². The van der Waals surface area contributed by atoms with E-state index in [1.165, 1.54) is 0 Å². The van der Waals surface area contributed by atoms with Crippen LogP contribution in [0.1, 0.15) is 34.1 Å². The van der Waals surface area contributed by atoms with Crippen LogP contribution in [-0.4, -0.2) is 21.7 Å². The predicted molar refractivity (Wildman–Crippen MR) is 71.2 cm³/mol. The van der Waals surface area contributed by atoms with Crippen LogP contribution in [0.2, 0.25) is 0 Å². The van der Waals surface area contributed by atoms with E-state index in [-0.39, 0.29) is 11.1 Å². The monoisotopic (exact) mass is 239 g/mol. The number of nitrogens with zero attached hydrogens (tertiary/aromatic N) is 2. The number of hydrogen-bond donors (Lipinski definition) is 1. The highest BCUT2D eigenvalue weighted by atomic mass is 16.1. The summed E-state index contributed by atoms with van der Waals surface area (Å²) in [4.78, 5) is 11.8. The van der Waals surface area contributed by atoms with Gasteiger partial charge < -0.3 is 9.88 Å². The molecule has 98 valence electrons. The van der Waals surface area contributed by atoms with Gasteiger partial charge in [0.25, 0.3) is 0 Å². The number of hydrogen-bond acceptors (Lipinski definition) is 2. The molecule has 0 aromatic carbocycles. The summed E-state index contributed by atoms with van der Waals surface area (Å²) in [5.41, 5.74) is 0.197. The van der Waals surface area contributed by atoms with E-state index in [1.54, 1.807) is 16.2 Å². The Morgan fingerprint density at radius 2 is 2.00 bits per heavy atom. The van der Waals surface area contributed by atoms with Crippen molar-refractivity contribution in [1.82, 2.24) is 14.5 Å². The van der Waals surface area contributed by atoms with Gasteiger partial charge in [0.2, 0.25) is 0 Å². The lowest BCUT2D eigenvalue weighted by Gasteiger charge is -2.31. The summed E-state index contributed by atoms with van der Waals surface area (Å²) in [5.74, 6) is 0. The fourth-order valence-electron chi connectivity index (χ4n) is 1.81. The molecule has 0 aliphatic carbocycles. The molecule has 1 rings (SSSR count). The van der Waals surface area contributed by atoms with Gasteiger partial charge in [-0.1, -0.05) is 27.7 Å². The fourth-order valence-corrected chi connectivity index (χ4v) is 1.81. The number of aromatic nitrogens is 2. The highest BCUT2D eigenvalue weighted by Crippen LogP contribution is 2.20. The van der Waals surface area contributed by atoms with Crippen LogP contribution in [0.5, 0.6) is 0 Å². The Morgan fingerprint density at radius 1 is 1.35 bits per heavy atom. The van der Waals surface area contributed by atoms with Crippen LogP contribution in [0, 0.1) is 5.41 Å². The summed E-state index contributed by atoms with van der Waals surface area (Å²) in [7, 11) is 1.78. The smallest absolute Gasteiger partial charge is 0.312 e. The summed E-state index contributed by atoms with van der Waals surface area (Å²) in [6.07, 6.45) is 4.77. The van der Waals surface area contributed by atoms with Gasteiger partial charge in [-0.2, -0.15) is 0 Å². The molecule has 1 N–H and O–H groups in total. The van der Waals surface area contributed by atoms with E-state index in [9.17, 15) is 4.79 Å². The maximum atomic E-state index is 11.8. The number of imidazole rings is 1. The molecule has 1 heterocycles. The second-order valence-electron chi connectivity index (χ2n) is 5.72. The molecule has 0 saturated carbocycles. The second kappa shape index (κ2) is 5.54. The predicted octanol–water partition coefficient (Wildman–Crippen LogP) is 1.60. The molecule has 1 atom stereocenters. The van der Waals surface area contributed by atoms with E-state index in [4.69, 9.17) is 0 Å². The molecule has 0 aliphatic rings. The molecular formula is C13H25N3O. The number of rotatable bonds is 5. The van der Waals surface area contributed by atoms with E-state index in [1.807, 2.05) is 12.4 Å². The normalized spacial score (nSPS) is 13.9. The van der Waals surface area contributed by atoms with Gasteiger partial charge in [-0.25, -0.2) is 4.79 Å². The third-order valence-electron chi connectivity index (χ3n) is 3.08. The minimum absolute atomic E-state index is 0.0533. The molecule has 0 amide bonds. The molecule has 1 unspecified atom stereocenters.